The summed E-state index contributed by atoms with van der Waals surface area (Å²) in [7, 11) is 0. The van der Waals surface area contributed by atoms with Gasteiger partial charge >= 0.3 is 6.09 Å². The molecule has 3 nitrogen and oxygen atoms in total. The highest BCUT2D eigenvalue weighted by atomic mass is 16.4. The first-order valence-electron chi connectivity index (χ1n) is 4.24. The lowest BCUT2D eigenvalue weighted by molar-refractivity contribution is 0.176. The standard InChI is InChI=1S/C11H9NO2/c13-11(14)12-7-5-9-3-1-2-4-10(9)6-8-12/h1-8H,(H,13,14). The van der Waals surface area contributed by atoms with Crippen LogP contribution in [-0.4, -0.2) is 16.1 Å². The van der Waals surface area contributed by atoms with Crippen molar-refractivity contribution in [2.24, 2.45) is 0 Å². The molecule has 1 aliphatic rings. The summed E-state index contributed by atoms with van der Waals surface area (Å²) in [4.78, 5) is 11.8. The van der Waals surface area contributed by atoms with Gasteiger partial charge in [-0.3, -0.25) is 4.90 Å². The van der Waals surface area contributed by atoms with E-state index in [1.807, 2.05) is 24.3 Å². The highest BCUT2D eigenvalue weighted by Gasteiger charge is 2.07. The molecule has 2 rings (SSSR count). The molecule has 1 aromatic carbocycles. The first kappa shape index (κ1) is 8.56. The Morgan fingerprint density at radius 3 is 2.00 bits per heavy atom. The van der Waals surface area contributed by atoms with Gasteiger partial charge in [0, 0.05) is 12.4 Å². The molecule has 1 amide bonds. The third-order valence-corrected chi connectivity index (χ3v) is 2.05. The van der Waals surface area contributed by atoms with Crippen LogP contribution in [0.3, 0.4) is 0 Å². The van der Waals surface area contributed by atoms with E-state index in [1.165, 1.54) is 12.4 Å². The molecule has 0 bridgehead atoms. The smallest absolute Gasteiger partial charge is 0.415 e. The summed E-state index contributed by atoms with van der Waals surface area (Å²) in [5.41, 5.74) is 2.04. The molecule has 0 aromatic heterocycles. The summed E-state index contributed by atoms with van der Waals surface area (Å²) in [6.45, 7) is 0. The number of hydrogen-bond acceptors (Lipinski definition) is 1. The molecule has 3 heteroatoms. The van der Waals surface area contributed by atoms with Gasteiger partial charge in [0.25, 0.3) is 0 Å². The van der Waals surface area contributed by atoms with E-state index in [0.717, 1.165) is 16.0 Å². The lowest BCUT2D eigenvalue weighted by Crippen LogP contribution is -2.15. The van der Waals surface area contributed by atoms with E-state index in [4.69, 9.17) is 5.11 Å². The van der Waals surface area contributed by atoms with Crippen LogP contribution in [0.25, 0.3) is 12.2 Å². The Labute approximate surface area is 81.6 Å². The molecule has 0 unspecified atom stereocenters. The highest BCUT2D eigenvalue weighted by molar-refractivity contribution is 5.75. The second kappa shape index (κ2) is 3.38. The Balaban J connectivity index is 2.42. The maximum absolute atomic E-state index is 10.7. The molecule has 1 N–H and O–H groups in total. The Morgan fingerprint density at radius 2 is 1.57 bits per heavy atom. The van der Waals surface area contributed by atoms with Crippen LogP contribution in [-0.2, 0) is 0 Å². The number of carboxylic acid groups (broad SMARTS) is 1. The minimum Gasteiger partial charge on any atom is -0.464 e. The first-order valence-corrected chi connectivity index (χ1v) is 4.24. The lowest BCUT2D eigenvalue weighted by atomic mass is 10.1. The van der Waals surface area contributed by atoms with E-state index in [-0.39, 0.29) is 0 Å². The molecule has 0 aliphatic carbocycles. The molecule has 0 saturated carbocycles. The van der Waals surface area contributed by atoms with E-state index in [9.17, 15) is 4.79 Å². The topological polar surface area (TPSA) is 40.5 Å². The lowest BCUT2D eigenvalue weighted by Gasteiger charge is -2.05. The fourth-order valence-corrected chi connectivity index (χ4v) is 1.31. The zero-order valence-corrected chi connectivity index (χ0v) is 7.42. The van der Waals surface area contributed by atoms with Gasteiger partial charge in [0.2, 0.25) is 0 Å². The van der Waals surface area contributed by atoms with Crippen LogP contribution in [0, 0.1) is 0 Å². The van der Waals surface area contributed by atoms with Crippen molar-refractivity contribution in [2.45, 2.75) is 0 Å². The van der Waals surface area contributed by atoms with Crippen LogP contribution in [0.4, 0.5) is 4.79 Å². The maximum Gasteiger partial charge on any atom is 0.415 e. The van der Waals surface area contributed by atoms with Gasteiger partial charge in [-0.15, -0.1) is 0 Å². The predicted octanol–water partition coefficient (Wildman–Crippen LogP) is 2.62. The molecule has 0 spiro atoms. The van der Waals surface area contributed by atoms with Crippen LogP contribution < -0.4 is 0 Å². The third-order valence-electron chi connectivity index (χ3n) is 2.05. The van der Waals surface area contributed by atoms with Crippen molar-refractivity contribution in [1.82, 2.24) is 4.90 Å². The predicted molar refractivity (Wildman–Crippen MR) is 54.4 cm³/mol. The van der Waals surface area contributed by atoms with Crippen molar-refractivity contribution in [3.05, 3.63) is 47.8 Å². The van der Waals surface area contributed by atoms with Gasteiger partial charge in [0.05, 0.1) is 0 Å². The van der Waals surface area contributed by atoms with Crippen LogP contribution in [0.1, 0.15) is 11.1 Å². The fourth-order valence-electron chi connectivity index (χ4n) is 1.31. The first-order chi connectivity index (χ1) is 6.77. The van der Waals surface area contributed by atoms with Crippen LogP contribution in [0.15, 0.2) is 36.7 Å². The van der Waals surface area contributed by atoms with Crippen molar-refractivity contribution >= 4 is 18.2 Å². The largest absolute Gasteiger partial charge is 0.464 e. The van der Waals surface area contributed by atoms with Crippen molar-refractivity contribution < 1.29 is 9.90 Å². The molecule has 1 heterocycles. The Morgan fingerprint density at radius 1 is 1.07 bits per heavy atom. The van der Waals surface area contributed by atoms with Crippen LogP contribution in [0.2, 0.25) is 0 Å². The summed E-state index contributed by atoms with van der Waals surface area (Å²) in [5.74, 6) is 0. The monoisotopic (exact) mass is 187 g/mol. The molecule has 70 valence electrons. The summed E-state index contributed by atoms with van der Waals surface area (Å²) in [6.07, 6.45) is 5.65. The molecule has 1 aliphatic heterocycles. The van der Waals surface area contributed by atoms with Gasteiger partial charge in [0.15, 0.2) is 0 Å². The average molecular weight is 187 g/mol. The van der Waals surface area contributed by atoms with E-state index in [0.29, 0.717) is 0 Å². The molecule has 0 radical (unpaired) electrons. The number of carbonyl (C=O) groups is 1. The Hall–Kier alpha value is -2.03. The van der Waals surface area contributed by atoms with E-state index >= 15 is 0 Å². The number of hydrogen-bond donors (Lipinski definition) is 1. The summed E-state index contributed by atoms with van der Waals surface area (Å²) < 4.78 is 0. The molecule has 0 fully saturated rings. The third kappa shape index (κ3) is 1.52. The van der Waals surface area contributed by atoms with Crippen molar-refractivity contribution in [1.29, 1.82) is 0 Å². The van der Waals surface area contributed by atoms with Crippen molar-refractivity contribution in [3.8, 4) is 0 Å². The Kier molecular flexibility index (Phi) is 2.07. The number of nitrogens with zero attached hydrogens (tertiary/aromatic N) is 1. The van der Waals surface area contributed by atoms with Gasteiger partial charge in [-0.05, 0) is 23.3 Å². The number of benzene rings is 1. The SMILES string of the molecule is O=C(O)N1C=Cc2ccccc2C=C1. The Bertz CT molecular complexity index is 388. The second-order valence-corrected chi connectivity index (χ2v) is 2.95. The number of amides is 1. The molecule has 0 atom stereocenters. The quantitative estimate of drug-likeness (QED) is 0.678. The molecular formula is C11H9NO2. The zero-order valence-electron chi connectivity index (χ0n) is 7.42. The summed E-state index contributed by atoms with van der Waals surface area (Å²) in [5, 5.41) is 8.77. The van der Waals surface area contributed by atoms with Crippen molar-refractivity contribution in [3.63, 3.8) is 0 Å². The minimum atomic E-state index is -0.981. The minimum absolute atomic E-state index is 0.981. The fraction of sp³-hybridized carbons (Fsp3) is 0. The van der Waals surface area contributed by atoms with E-state index in [2.05, 4.69) is 0 Å². The van der Waals surface area contributed by atoms with E-state index in [1.54, 1.807) is 12.2 Å². The summed E-state index contributed by atoms with van der Waals surface area (Å²) >= 11 is 0. The highest BCUT2D eigenvalue weighted by Crippen LogP contribution is 2.16. The normalized spacial score (nSPS) is 13.6. The van der Waals surface area contributed by atoms with Crippen molar-refractivity contribution in [2.75, 3.05) is 0 Å². The zero-order chi connectivity index (χ0) is 9.97. The second-order valence-electron chi connectivity index (χ2n) is 2.95. The van der Waals surface area contributed by atoms with Crippen LogP contribution >= 0.6 is 0 Å². The molecule has 1 aromatic rings. The van der Waals surface area contributed by atoms with Gasteiger partial charge < -0.3 is 5.11 Å². The maximum atomic E-state index is 10.7. The van der Waals surface area contributed by atoms with Gasteiger partial charge in [-0.1, -0.05) is 24.3 Å². The average Bonchev–Trinajstić information content (AvgIpc) is 2.39. The van der Waals surface area contributed by atoms with Gasteiger partial charge in [-0.25, -0.2) is 4.79 Å². The van der Waals surface area contributed by atoms with Gasteiger partial charge in [0.1, 0.15) is 0 Å². The molecule has 0 saturated heterocycles. The summed E-state index contributed by atoms with van der Waals surface area (Å²) in [6, 6.07) is 7.74. The molecular weight excluding hydrogens is 178 g/mol. The number of fused-ring (bicyclic) bond motifs is 1. The van der Waals surface area contributed by atoms with E-state index < -0.39 is 6.09 Å². The van der Waals surface area contributed by atoms with Crippen LogP contribution in [0.5, 0.6) is 0 Å². The molecule has 14 heavy (non-hydrogen) atoms. The number of rotatable bonds is 0. The van der Waals surface area contributed by atoms with Gasteiger partial charge in [-0.2, -0.15) is 0 Å².